The number of halogens is 4. The van der Waals surface area contributed by atoms with Gasteiger partial charge in [0.15, 0.2) is 0 Å². The SMILES string of the molecule is FC(F)C(F)(F)Oc1cccnc1. The molecule has 0 radical (unpaired) electrons. The lowest BCUT2D eigenvalue weighted by Crippen LogP contribution is -2.33. The number of nitrogens with zero attached hydrogens (tertiary/aromatic N) is 1. The van der Waals surface area contributed by atoms with Crippen molar-refractivity contribution in [3.05, 3.63) is 24.5 Å². The molecule has 0 fully saturated rings. The summed E-state index contributed by atoms with van der Waals surface area (Å²) >= 11 is 0. The second kappa shape index (κ2) is 3.59. The molecule has 1 rings (SSSR count). The number of hydrogen-bond acceptors (Lipinski definition) is 2. The van der Waals surface area contributed by atoms with E-state index in [-0.39, 0.29) is 0 Å². The van der Waals surface area contributed by atoms with Gasteiger partial charge in [-0.15, -0.1) is 0 Å². The van der Waals surface area contributed by atoms with Gasteiger partial charge in [0.05, 0.1) is 6.20 Å². The van der Waals surface area contributed by atoms with Crippen molar-refractivity contribution in [3.63, 3.8) is 0 Å². The molecule has 0 aliphatic heterocycles. The van der Waals surface area contributed by atoms with Crippen LogP contribution in [0, 0.1) is 0 Å². The number of hydrogen-bond donors (Lipinski definition) is 0. The van der Waals surface area contributed by atoms with Crippen LogP contribution in [0.3, 0.4) is 0 Å². The predicted octanol–water partition coefficient (Wildman–Crippen LogP) is 2.32. The molecule has 0 spiro atoms. The van der Waals surface area contributed by atoms with Crippen molar-refractivity contribution in [3.8, 4) is 5.75 Å². The van der Waals surface area contributed by atoms with E-state index in [2.05, 4.69) is 9.72 Å². The fourth-order valence-electron chi connectivity index (χ4n) is 0.609. The average molecular weight is 195 g/mol. The largest absolute Gasteiger partial charge is 0.461 e. The highest BCUT2D eigenvalue weighted by Gasteiger charge is 2.43. The number of pyridine rings is 1. The summed E-state index contributed by atoms with van der Waals surface area (Å²) in [6, 6.07) is 2.42. The minimum atomic E-state index is -4.47. The first kappa shape index (κ1) is 9.76. The Morgan fingerprint density at radius 2 is 2.08 bits per heavy atom. The fourth-order valence-corrected chi connectivity index (χ4v) is 0.609. The number of ether oxygens (including phenoxy) is 1. The third kappa shape index (κ3) is 2.57. The minimum Gasteiger partial charge on any atom is -0.427 e. The molecule has 0 atom stereocenters. The van der Waals surface area contributed by atoms with Gasteiger partial charge in [-0.2, -0.15) is 17.6 Å². The van der Waals surface area contributed by atoms with Crippen LogP contribution in [0.25, 0.3) is 0 Å². The molecule has 2 nitrogen and oxygen atoms in total. The zero-order valence-corrected chi connectivity index (χ0v) is 6.25. The lowest BCUT2D eigenvalue weighted by molar-refractivity contribution is -0.253. The second-order valence-corrected chi connectivity index (χ2v) is 2.15. The monoisotopic (exact) mass is 195 g/mol. The summed E-state index contributed by atoms with van der Waals surface area (Å²) in [5.41, 5.74) is 0. The molecule has 0 saturated heterocycles. The average Bonchev–Trinajstić information content (AvgIpc) is 2.05. The Morgan fingerprint density at radius 3 is 2.54 bits per heavy atom. The zero-order valence-electron chi connectivity index (χ0n) is 6.25. The van der Waals surface area contributed by atoms with E-state index < -0.39 is 18.3 Å². The molecule has 0 N–H and O–H groups in total. The van der Waals surface area contributed by atoms with E-state index in [0.29, 0.717) is 0 Å². The molecule has 0 unspecified atom stereocenters. The van der Waals surface area contributed by atoms with Crippen LogP contribution < -0.4 is 4.74 Å². The molecule has 1 aromatic heterocycles. The molecule has 0 aliphatic rings. The maximum Gasteiger partial charge on any atom is 0.461 e. The van der Waals surface area contributed by atoms with Crippen LogP contribution in [-0.2, 0) is 0 Å². The zero-order chi connectivity index (χ0) is 9.90. The van der Waals surface area contributed by atoms with Gasteiger partial charge < -0.3 is 4.74 Å². The first-order valence-corrected chi connectivity index (χ1v) is 3.27. The van der Waals surface area contributed by atoms with E-state index in [1.54, 1.807) is 0 Å². The Bertz CT molecular complexity index is 264. The fraction of sp³-hybridized carbons (Fsp3) is 0.286. The van der Waals surface area contributed by atoms with E-state index in [0.717, 1.165) is 12.3 Å². The Morgan fingerprint density at radius 1 is 1.38 bits per heavy atom. The van der Waals surface area contributed by atoms with E-state index in [1.807, 2.05) is 0 Å². The van der Waals surface area contributed by atoms with E-state index >= 15 is 0 Å². The van der Waals surface area contributed by atoms with Gasteiger partial charge in [0.1, 0.15) is 5.75 Å². The maximum atomic E-state index is 12.2. The van der Waals surface area contributed by atoms with E-state index in [9.17, 15) is 17.6 Å². The Balaban J connectivity index is 2.69. The molecule has 0 amide bonds. The van der Waals surface area contributed by atoms with Gasteiger partial charge in [0, 0.05) is 6.20 Å². The van der Waals surface area contributed by atoms with Crippen molar-refractivity contribution in [1.29, 1.82) is 0 Å². The molecule has 72 valence electrons. The van der Waals surface area contributed by atoms with E-state index in [1.165, 1.54) is 12.3 Å². The summed E-state index contributed by atoms with van der Waals surface area (Å²) in [5, 5.41) is 0. The van der Waals surface area contributed by atoms with Gasteiger partial charge in [0.25, 0.3) is 0 Å². The van der Waals surface area contributed by atoms with Gasteiger partial charge >= 0.3 is 12.5 Å². The Kier molecular flexibility index (Phi) is 2.69. The summed E-state index contributed by atoms with van der Waals surface area (Å²) in [5.74, 6) is -0.396. The first-order chi connectivity index (χ1) is 6.02. The summed E-state index contributed by atoms with van der Waals surface area (Å²) in [6.07, 6.45) is -6.08. The Hall–Kier alpha value is -1.33. The van der Waals surface area contributed by atoms with Crippen LogP contribution in [0.4, 0.5) is 17.6 Å². The number of rotatable bonds is 3. The molecule has 0 aromatic carbocycles. The minimum absolute atomic E-state index is 0.396. The van der Waals surface area contributed by atoms with Crippen LogP contribution in [0.5, 0.6) is 5.75 Å². The topological polar surface area (TPSA) is 22.1 Å². The molecule has 1 aromatic rings. The maximum absolute atomic E-state index is 12.2. The molecular weight excluding hydrogens is 190 g/mol. The highest BCUT2D eigenvalue weighted by atomic mass is 19.3. The third-order valence-electron chi connectivity index (χ3n) is 1.14. The van der Waals surface area contributed by atoms with Gasteiger partial charge in [-0.1, -0.05) is 0 Å². The summed E-state index contributed by atoms with van der Waals surface area (Å²) in [4.78, 5) is 3.42. The summed E-state index contributed by atoms with van der Waals surface area (Å²) < 4.78 is 51.4. The van der Waals surface area contributed by atoms with Crippen LogP contribution in [-0.4, -0.2) is 17.5 Å². The number of alkyl halides is 4. The molecule has 0 aliphatic carbocycles. The van der Waals surface area contributed by atoms with Crippen molar-refractivity contribution >= 4 is 0 Å². The lowest BCUT2D eigenvalue weighted by atomic mass is 10.4. The normalized spacial score (nSPS) is 11.8. The van der Waals surface area contributed by atoms with Gasteiger partial charge in [-0.3, -0.25) is 4.98 Å². The highest BCUT2D eigenvalue weighted by Crippen LogP contribution is 2.26. The quantitative estimate of drug-likeness (QED) is 0.690. The number of aromatic nitrogens is 1. The van der Waals surface area contributed by atoms with E-state index in [4.69, 9.17) is 0 Å². The van der Waals surface area contributed by atoms with Gasteiger partial charge in [-0.05, 0) is 12.1 Å². The molecule has 0 saturated carbocycles. The molecular formula is C7H5F4NO. The van der Waals surface area contributed by atoms with Crippen LogP contribution in [0.15, 0.2) is 24.5 Å². The second-order valence-electron chi connectivity index (χ2n) is 2.15. The van der Waals surface area contributed by atoms with Crippen LogP contribution in [0.2, 0.25) is 0 Å². The standard InChI is InChI=1S/C7H5F4NO/c8-6(9)7(10,11)13-5-2-1-3-12-4-5/h1-4,6H. The van der Waals surface area contributed by atoms with Gasteiger partial charge in [-0.25, -0.2) is 0 Å². The molecule has 1 heterocycles. The van der Waals surface area contributed by atoms with Crippen molar-refractivity contribution in [2.75, 3.05) is 0 Å². The third-order valence-corrected chi connectivity index (χ3v) is 1.14. The summed E-state index contributed by atoms with van der Waals surface area (Å²) in [6.45, 7) is 0. The van der Waals surface area contributed by atoms with Crippen LogP contribution in [0.1, 0.15) is 0 Å². The highest BCUT2D eigenvalue weighted by molar-refractivity contribution is 5.15. The predicted molar refractivity (Wildman–Crippen MR) is 35.8 cm³/mol. The molecule has 6 heteroatoms. The van der Waals surface area contributed by atoms with Crippen molar-refractivity contribution < 1.29 is 22.3 Å². The van der Waals surface area contributed by atoms with Gasteiger partial charge in [0.2, 0.25) is 0 Å². The van der Waals surface area contributed by atoms with Crippen molar-refractivity contribution in [1.82, 2.24) is 4.98 Å². The summed E-state index contributed by atoms with van der Waals surface area (Å²) in [7, 11) is 0. The van der Waals surface area contributed by atoms with Crippen molar-refractivity contribution in [2.45, 2.75) is 12.5 Å². The first-order valence-electron chi connectivity index (χ1n) is 3.27. The molecule has 0 bridgehead atoms. The molecule has 13 heavy (non-hydrogen) atoms. The van der Waals surface area contributed by atoms with Crippen molar-refractivity contribution in [2.24, 2.45) is 0 Å². The Labute approximate surface area is 71.2 Å². The smallest absolute Gasteiger partial charge is 0.427 e. The lowest BCUT2D eigenvalue weighted by Gasteiger charge is -2.15. The van der Waals surface area contributed by atoms with Crippen LogP contribution >= 0.6 is 0 Å².